The summed E-state index contributed by atoms with van der Waals surface area (Å²) in [6.45, 7) is 0. The molecule has 1 aromatic rings. The lowest BCUT2D eigenvalue weighted by Crippen LogP contribution is -2.42. The number of nitrogens with one attached hydrogen (secondary N) is 1. The van der Waals surface area contributed by atoms with E-state index >= 15 is 0 Å². The molecular formula is C9H11FN4. The Bertz CT molecular complexity index is 360. The lowest BCUT2D eigenvalue weighted by atomic mass is 10.3. The molecule has 1 atom stereocenters. The molecule has 14 heavy (non-hydrogen) atoms. The van der Waals surface area contributed by atoms with E-state index < -0.39 is 0 Å². The van der Waals surface area contributed by atoms with E-state index in [4.69, 9.17) is 11.5 Å². The van der Waals surface area contributed by atoms with E-state index in [9.17, 15) is 4.39 Å². The number of anilines is 1. The molecule has 0 bridgehead atoms. The van der Waals surface area contributed by atoms with Gasteiger partial charge in [-0.2, -0.15) is 0 Å². The number of nitrogens with zero attached hydrogens (tertiary/aromatic N) is 1. The second-order valence-electron chi connectivity index (χ2n) is 3.06. The molecule has 1 heterocycles. The van der Waals surface area contributed by atoms with Crippen LogP contribution >= 0.6 is 0 Å². The van der Waals surface area contributed by atoms with Gasteiger partial charge in [0.05, 0.1) is 11.9 Å². The van der Waals surface area contributed by atoms with Crippen molar-refractivity contribution in [2.24, 2.45) is 11.5 Å². The van der Waals surface area contributed by atoms with E-state index in [1.807, 2.05) is 0 Å². The molecule has 1 aromatic carbocycles. The van der Waals surface area contributed by atoms with Crippen LogP contribution in [0.2, 0.25) is 0 Å². The molecule has 0 aromatic heterocycles. The normalized spacial score (nSPS) is 21.1. The Morgan fingerprint density at radius 3 is 2.43 bits per heavy atom. The van der Waals surface area contributed by atoms with Crippen molar-refractivity contribution in [2.75, 3.05) is 5.01 Å². The van der Waals surface area contributed by atoms with Crippen LogP contribution in [0.4, 0.5) is 10.1 Å². The summed E-state index contributed by atoms with van der Waals surface area (Å²) < 4.78 is 12.6. The third kappa shape index (κ3) is 1.55. The molecule has 2 rings (SSSR count). The van der Waals surface area contributed by atoms with Crippen LogP contribution in [0.15, 0.2) is 36.2 Å². The van der Waals surface area contributed by atoms with Crippen molar-refractivity contribution in [1.82, 2.24) is 5.43 Å². The number of benzene rings is 1. The van der Waals surface area contributed by atoms with Gasteiger partial charge in [-0.05, 0) is 30.3 Å². The minimum atomic E-state index is -0.292. The molecule has 0 spiro atoms. The van der Waals surface area contributed by atoms with E-state index in [1.165, 1.54) is 12.1 Å². The number of halogens is 1. The largest absolute Gasteiger partial charge is 0.384 e. The zero-order valence-corrected chi connectivity index (χ0v) is 7.44. The molecule has 0 amide bonds. The summed E-state index contributed by atoms with van der Waals surface area (Å²) >= 11 is 0. The van der Waals surface area contributed by atoms with Gasteiger partial charge in [0, 0.05) is 0 Å². The van der Waals surface area contributed by atoms with E-state index in [2.05, 4.69) is 5.43 Å². The second-order valence-corrected chi connectivity index (χ2v) is 3.06. The average molecular weight is 194 g/mol. The van der Waals surface area contributed by atoms with E-state index in [-0.39, 0.29) is 12.0 Å². The van der Waals surface area contributed by atoms with Crippen LogP contribution in [-0.2, 0) is 0 Å². The maximum atomic E-state index is 12.6. The SMILES string of the molecule is NC1=CC(N)NN1c1ccc(F)cc1. The molecular weight excluding hydrogens is 183 g/mol. The fraction of sp³-hybridized carbons (Fsp3) is 0.111. The molecule has 0 saturated heterocycles. The van der Waals surface area contributed by atoms with Gasteiger partial charge in [-0.25, -0.2) is 9.82 Å². The minimum absolute atomic E-state index is 0.278. The van der Waals surface area contributed by atoms with Crippen LogP contribution < -0.4 is 21.9 Å². The van der Waals surface area contributed by atoms with E-state index in [0.29, 0.717) is 5.82 Å². The van der Waals surface area contributed by atoms with Crippen LogP contribution in [0, 0.1) is 5.82 Å². The zero-order valence-electron chi connectivity index (χ0n) is 7.44. The lowest BCUT2D eigenvalue weighted by molar-refractivity contribution is 0.624. The number of nitrogens with two attached hydrogens (primary N) is 2. The third-order valence-corrected chi connectivity index (χ3v) is 1.97. The first-order chi connectivity index (χ1) is 6.66. The molecule has 1 aliphatic heterocycles. The van der Waals surface area contributed by atoms with Crippen molar-refractivity contribution in [1.29, 1.82) is 0 Å². The summed E-state index contributed by atoms with van der Waals surface area (Å²) in [4.78, 5) is 0. The predicted octanol–water partition coefficient (Wildman–Crippen LogP) is 0.235. The Morgan fingerprint density at radius 2 is 1.93 bits per heavy atom. The van der Waals surface area contributed by atoms with Crippen molar-refractivity contribution in [3.63, 3.8) is 0 Å². The number of rotatable bonds is 1. The third-order valence-electron chi connectivity index (χ3n) is 1.97. The van der Waals surface area contributed by atoms with Gasteiger partial charge in [0.1, 0.15) is 11.6 Å². The van der Waals surface area contributed by atoms with Crippen LogP contribution in [0.25, 0.3) is 0 Å². The summed E-state index contributed by atoms with van der Waals surface area (Å²) in [6.07, 6.45) is 1.39. The molecule has 0 fully saturated rings. The molecule has 5 heteroatoms. The maximum Gasteiger partial charge on any atom is 0.123 e. The van der Waals surface area contributed by atoms with Gasteiger partial charge in [-0.3, -0.25) is 5.01 Å². The predicted molar refractivity (Wildman–Crippen MR) is 52.3 cm³/mol. The average Bonchev–Trinajstić information content (AvgIpc) is 2.47. The van der Waals surface area contributed by atoms with Crippen molar-refractivity contribution >= 4 is 5.69 Å². The quantitative estimate of drug-likeness (QED) is 0.599. The molecule has 4 nitrogen and oxygen atoms in total. The fourth-order valence-electron chi connectivity index (χ4n) is 1.33. The highest BCUT2D eigenvalue weighted by molar-refractivity contribution is 5.52. The summed E-state index contributed by atoms with van der Waals surface area (Å²) in [6, 6.07) is 5.99. The first-order valence-corrected chi connectivity index (χ1v) is 4.21. The number of hydrogen-bond donors (Lipinski definition) is 3. The molecule has 0 saturated carbocycles. The molecule has 1 aliphatic rings. The van der Waals surface area contributed by atoms with E-state index in [1.54, 1.807) is 23.2 Å². The van der Waals surface area contributed by atoms with Crippen molar-refractivity contribution in [3.8, 4) is 0 Å². The minimum Gasteiger partial charge on any atom is -0.384 e. The first-order valence-electron chi connectivity index (χ1n) is 4.21. The molecule has 0 aliphatic carbocycles. The van der Waals surface area contributed by atoms with Crippen molar-refractivity contribution in [2.45, 2.75) is 6.17 Å². The fourth-order valence-corrected chi connectivity index (χ4v) is 1.33. The molecule has 1 unspecified atom stereocenters. The smallest absolute Gasteiger partial charge is 0.123 e. The van der Waals surface area contributed by atoms with Crippen molar-refractivity contribution < 1.29 is 4.39 Å². The molecule has 5 N–H and O–H groups in total. The summed E-state index contributed by atoms with van der Waals surface area (Å²) in [5.41, 5.74) is 15.0. The Hall–Kier alpha value is -1.59. The van der Waals surface area contributed by atoms with Crippen LogP contribution in [0.5, 0.6) is 0 Å². The molecule has 74 valence electrons. The zero-order chi connectivity index (χ0) is 10.1. The van der Waals surface area contributed by atoms with Gasteiger partial charge in [0.25, 0.3) is 0 Å². The highest BCUT2D eigenvalue weighted by Crippen LogP contribution is 2.18. The molecule has 0 radical (unpaired) electrons. The Balaban J connectivity index is 2.25. The van der Waals surface area contributed by atoms with Gasteiger partial charge in [0.15, 0.2) is 0 Å². The van der Waals surface area contributed by atoms with Gasteiger partial charge in [0.2, 0.25) is 0 Å². The van der Waals surface area contributed by atoms with Gasteiger partial charge < -0.3 is 11.5 Å². The maximum absolute atomic E-state index is 12.6. The van der Waals surface area contributed by atoms with Gasteiger partial charge >= 0.3 is 0 Å². The van der Waals surface area contributed by atoms with Crippen molar-refractivity contribution in [3.05, 3.63) is 42.0 Å². The monoisotopic (exact) mass is 194 g/mol. The van der Waals surface area contributed by atoms with Crippen LogP contribution in [0.3, 0.4) is 0 Å². The first kappa shape index (κ1) is 8.98. The summed E-state index contributed by atoms with van der Waals surface area (Å²) in [5.74, 6) is 0.240. The van der Waals surface area contributed by atoms with Gasteiger partial charge in [-0.15, -0.1) is 0 Å². The van der Waals surface area contributed by atoms with Gasteiger partial charge in [-0.1, -0.05) is 0 Å². The highest BCUT2D eigenvalue weighted by Gasteiger charge is 2.18. The topological polar surface area (TPSA) is 67.3 Å². The number of hydrogen-bond acceptors (Lipinski definition) is 4. The number of hydrazine groups is 1. The summed E-state index contributed by atoms with van der Waals surface area (Å²) in [7, 11) is 0. The van der Waals surface area contributed by atoms with Crippen LogP contribution in [-0.4, -0.2) is 6.17 Å². The second kappa shape index (κ2) is 3.28. The van der Waals surface area contributed by atoms with Crippen LogP contribution in [0.1, 0.15) is 0 Å². The Morgan fingerprint density at radius 1 is 1.29 bits per heavy atom. The highest BCUT2D eigenvalue weighted by atomic mass is 19.1. The Kier molecular flexibility index (Phi) is 2.11. The standard InChI is InChI=1S/C9H11FN4/c10-6-1-3-7(4-2-6)14-9(12)5-8(11)13-14/h1-5,8,13H,11-12H2. The summed E-state index contributed by atoms with van der Waals surface area (Å²) in [5, 5.41) is 1.62. The Labute approximate surface area is 81.0 Å². The lowest BCUT2D eigenvalue weighted by Gasteiger charge is -2.20. The van der Waals surface area contributed by atoms with E-state index in [0.717, 1.165) is 5.69 Å².